The van der Waals surface area contributed by atoms with E-state index in [1.165, 1.54) is 15.6 Å². The van der Waals surface area contributed by atoms with E-state index in [-0.39, 0.29) is 18.0 Å². The summed E-state index contributed by atoms with van der Waals surface area (Å²) >= 11 is 1.44. The second-order valence-corrected chi connectivity index (χ2v) is 8.51. The molecular formula is C17H16F2N2O2S2. The lowest BCUT2D eigenvalue weighted by atomic mass is 10.3. The normalized spacial score (nSPS) is 12.0. The van der Waals surface area contributed by atoms with Crippen LogP contribution in [0.4, 0.5) is 8.78 Å². The molecule has 132 valence electrons. The Balaban J connectivity index is 1.99. The highest BCUT2D eigenvalue weighted by atomic mass is 32.2. The summed E-state index contributed by atoms with van der Waals surface area (Å²) in [4.78, 5) is 0.595. The predicted octanol–water partition coefficient (Wildman–Crippen LogP) is 3.76. The topological polar surface area (TPSA) is 42.3 Å². The molecule has 0 aliphatic rings. The van der Waals surface area contributed by atoms with E-state index in [4.69, 9.17) is 0 Å². The van der Waals surface area contributed by atoms with Gasteiger partial charge in [0, 0.05) is 30.4 Å². The fourth-order valence-corrected chi connectivity index (χ4v) is 4.63. The zero-order chi connectivity index (χ0) is 18.0. The summed E-state index contributed by atoms with van der Waals surface area (Å²) in [6.45, 7) is 0.285. The molecule has 3 rings (SSSR count). The smallest absolute Gasteiger partial charge is 0.243 e. The van der Waals surface area contributed by atoms with Crippen LogP contribution in [0, 0.1) is 11.6 Å². The molecule has 4 nitrogen and oxygen atoms in total. The quantitative estimate of drug-likeness (QED) is 0.652. The monoisotopic (exact) mass is 382 g/mol. The summed E-state index contributed by atoms with van der Waals surface area (Å²) < 4.78 is 55.8. The van der Waals surface area contributed by atoms with Gasteiger partial charge in [-0.1, -0.05) is 6.07 Å². The molecule has 3 aromatic rings. The lowest BCUT2D eigenvalue weighted by Gasteiger charge is -2.22. The van der Waals surface area contributed by atoms with Crippen molar-refractivity contribution in [3.63, 3.8) is 0 Å². The van der Waals surface area contributed by atoms with Crippen molar-refractivity contribution in [2.75, 3.05) is 0 Å². The molecule has 0 fully saturated rings. The number of benzene rings is 1. The third-order valence-corrected chi connectivity index (χ3v) is 6.48. The molecule has 0 amide bonds. The predicted molar refractivity (Wildman–Crippen MR) is 92.5 cm³/mol. The minimum atomic E-state index is -3.99. The van der Waals surface area contributed by atoms with Crippen LogP contribution in [0.25, 0.3) is 0 Å². The van der Waals surface area contributed by atoms with Gasteiger partial charge in [-0.3, -0.25) is 0 Å². The zero-order valence-corrected chi connectivity index (χ0v) is 15.0. The molecular weight excluding hydrogens is 366 g/mol. The van der Waals surface area contributed by atoms with Crippen molar-refractivity contribution >= 4 is 21.4 Å². The van der Waals surface area contributed by atoms with Crippen molar-refractivity contribution in [1.82, 2.24) is 8.87 Å². The third-order valence-electron chi connectivity index (χ3n) is 3.83. The number of hydrogen-bond donors (Lipinski definition) is 0. The van der Waals surface area contributed by atoms with Crippen molar-refractivity contribution in [3.05, 3.63) is 76.2 Å². The first kappa shape index (κ1) is 17.8. The van der Waals surface area contributed by atoms with E-state index in [1.54, 1.807) is 0 Å². The molecule has 1 aromatic carbocycles. The molecule has 2 aromatic heterocycles. The minimum absolute atomic E-state index is 0.128. The van der Waals surface area contributed by atoms with Gasteiger partial charge in [0.2, 0.25) is 10.0 Å². The Labute approximate surface area is 149 Å². The number of hydrogen-bond acceptors (Lipinski definition) is 3. The van der Waals surface area contributed by atoms with E-state index in [1.807, 2.05) is 47.5 Å². The number of sulfonamides is 1. The number of halogens is 2. The van der Waals surface area contributed by atoms with E-state index in [2.05, 4.69) is 0 Å². The first-order chi connectivity index (χ1) is 11.9. The van der Waals surface area contributed by atoms with E-state index in [0.29, 0.717) is 0 Å². The molecule has 0 spiro atoms. The molecule has 2 heterocycles. The van der Waals surface area contributed by atoms with E-state index < -0.39 is 21.7 Å². The highest BCUT2D eigenvalue weighted by Gasteiger charge is 2.27. The molecule has 0 aliphatic heterocycles. The van der Waals surface area contributed by atoms with Gasteiger partial charge in [-0.2, -0.15) is 4.31 Å². The molecule has 0 saturated heterocycles. The number of nitrogens with zero attached hydrogens (tertiary/aromatic N) is 2. The second-order valence-electron chi connectivity index (χ2n) is 5.54. The van der Waals surface area contributed by atoms with Crippen LogP contribution in [0.2, 0.25) is 0 Å². The van der Waals surface area contributed by atoms with Crippen molar-refractivity contribution in [3.8, 4) is 0 Å². The maximum Gasteiger partial charge on any atom is 0.243 e. The summed E-state index contributed by atoms with van der Waals surface area (Å²) in [5.41, 5.74) is 0.794. The molecule has 0 bridgehead atoms. The van der Waals surface area contributed by atoms with Crippen molar-refractivity contribution in [2.24, 2.45) is 7.05 Å². The van der Waals surface area contributed by atoms with E-state index in [0.717, 1.165) is 28.8 Å². The standard InChI is InChI=1S/C17H16F2N2O2S2/c1-20-8-2-4-13(20)11-21(12-14-5-3-9-24-14)25(22,23)15-6-7-16(18)17(19)10-15/h2-10H,11-12H2,1H3. The van der Waals surface area contributed by atoms with Crippen LogP contribution in [0.3, 0.4) is 0 Å². The highest BCUT2D eigenvalue weighted by Crippen LogP contribution is 2.24. The minimum Gasteiger partial charge on any atom is -0.353 e. The molecule has 0 unspecified atom stereocenters. The molecule has 0 aliphatic carbocycles. The SMILES string of the molecule is Cn1cccc1CN(Cc1cccs1)S(=O)(=O)c1ccc(F)c(F)c1. The Hall–Kier alpha value is -2.03. The largest absolute Gasteiger partial charge is 0.353 e. The first-order valence-electron chi connectivity index (χ1n) is 7.46. The fraction of sp³-hybridized carbons (Fsp3) is 0.176. The Morgan fingerprint density at radius 3 is 2.48 bits per heavy atom. The summed E-state index contributed by atoms with van der Waals surface area (Å²) in [7, 11) is -2.17. The summed E-state index contributed by atoms with van der Waals surface area (Å²) in [5, 5.41) is 1.86. The van der Waals surface area contributed by atoms with Gasteiger partial charge in [-0.05, 0) is 41.8 Å². The summed E-state index contributed by atoms with van der Waals surface area (Å²) in [6.07, 6.45) is 1.82. The fourth-order valence-electron chi connectivity index (χ4n) is 2.43. The Kier molecular flexibility index (Phi) is 5.03. The van der Waals surface area contributed by atoms with E-state index in [9.17, 15) is 17.2 Å². The third kappa shape index (κ3) is 3.81. The summed E-state index contributed by atoms with van der Waals surface area (Å²) in [5.74, 6) is -2.26. The van der Waals surface area contributed by atoms with Crippen molar-refractivity contribution in [2.45, 2.75) is 18.0 Å². The van der Waals surface area contributed by atoms with Gasteiger partial charge in [0.25, 0.3) is 0 Å². The van der Waals surface area contributed by atoms with Gasteiger partial charge in [-0.15, -0.1) is 11.3 Å². The lowest BCUT2D eigenvalue weighted by molar-refractivity contribution is 0.394. The van der Waals surface area contributed by atoms with Crippen LogP contribution in [0.15, 0.2) is 58.9 Å². The van der Waals surface area contributed by atoms with Crippen LogP contribution in [0.1, 0.15) is 10.6 Å². The second kappa shape index (κ2) is 7.07. The van der Waals surface area contributed by atoms with Crippen LogP contribution in [-0.4, -0.2) is 17.3 Å². The average molecular weight is 382 g/mol. The van der Waals surface area contributed by atoms with E-state index >= 15 is 0 Å². The zero-order valence-electron chi connectivity index (χ0n) is 13.4. The van der Waals surface area contributed by atoms with Gasteiger partial charge < -0.3 is 4.57 Å². The summed E-state index contributed by atoms with van der Waals surface area (Å²) in [6, 6.07) is 9.95. The van der Waals surface area contributed by atoms with Crippen LogP contribution >= 0.6 is 11.3 Å². The number of thiophene rings is 1. The number of rotatable bonds is 6. The lowest BCUT2D eigenvalue weighted by Crippen LogP contribution is -2.30. The molecule has 0 N–H and O–H groups in total. The molecule has 0 saturated carbocycles. The molecule has 0 atom stereocenters. The Bertz CT molecular complexity index is 966. The van der Waals surface area contributed by atoms with Gasteiger partial charge in [-0.25, -0.2) is 17.2 Å². The van der Waals surface area contributed by atoms with Gasteiger partial charge >= 0.3 is 0 Å². The maximum absolute atomic E-state index is 13.5. The van der Waals surface area contributed by atoms with Gasteiger partial charge in [0.15, 0.2) is 11.6 Å². The Morgan fingerprint density at radius 2 is 1.88 bits per heavy atom. The number of aryl methyl sites for hydroxylation is 1. The van der Waals surface area contributed by atoms with Crippen LogP contribution in [-0.2, 0) is 30.2 Å². The highest BCUT2D eigenvalue weighted by molar-refractivity contribution is 7.89. The van der Waals surface area contributed by atoms with Crippen LogP contribution < -0.4 is 0 Å². The van der Waals surface area contributed by atoms with Gasteiger partial charge in [0.1, 0.15) is 0 Å². The molecule has 0 radical (unpaired) electrons. The van der Waals surface area contributed by atoms with Gasteiger partial charge in [0.05, 0.1) is 11.4 Å². The first-order valence-corrected chi connectivity index (χ1v) is 9.77. The average Bonchev–Trinajstić information content (AvgIpc) is 3.21. The van der Waals surface area contributed by atoms with Crippen molar-refractivity contribution in [1.29, 1.82) is 0 Å². The number of aromatic nitrogens is 1. The Morgan fingerprint density at radius 1 is 1.08 bits per heavy atom. The maximum atomic E-state index is 13.5. The van der Waals surface area contributed by atoms with Crippen molar-refractivity contribution < 1.29 is 17.2 Å². The molecule has 8 heteroatoms. The van der Waals surface area contributed by atoms with Crippen LogP contribution in [0.5, 0.6) is 0 Å². The molecule has 25 heavy (non-hydrogen) atoms.